The van der Waals surface area contributed by atoms with Crippen LogP contribution in [0.15, 0.2) is 40.4 Å². The van der Waals surface area contributed by atoms with Gasteiger partial charge in [-0.3, -0.25) is 0 Å². The van der Waals surface area contributed by atoms with Gasteiger partial charge in [-0.05, 0) is 36.8 Å². The molecule has 1 aromatic heterocycles. The standard InChI is InChI=1S/C13H12F2N2S/c1-8-4-5-17-13(10(8)7-16)18-12-6-9(14)2-3-11(12)15/h2-6H,7,16H2,1H3. The van der Waals surface area contributed by atoms with Gasteiger partial charge in [0.2, 0.25) is 0 Å². The highest BCUT2D eigenvalue weighted by Gasteiger charge is 2.11. The van der Waals surface area contributed by atoms with Gasteiger partial charge in [-0.25, -0.2) is 13.8 Å². The van der Waals surface area contributed by atoms with Crippen LogP contribution in [-0.2, 0) is 6.54 Å². The van der Waals surface area contributed by atoms with Crippen molar-refractivity contribution < 1.29 is 8.78 Å². The van der Waals surface area contributed by atoms with Crippen LogP contribution in [0.2, 0.25) is 0 Å². The highest BCUT2D eigenvalue weighted by atomic mass is 32.2. The van der Waals surface area contributed by atoms with Crippen molar-refractivity contribution in [2.45, 2.75) is 23.4 Å². The second kappa shape index (κ2) is 5.46. The molecule has 0 aliphatic carbocycles. The predicted octanol–water partition coefficient (Wildman–Crippen LogP) is 3.28. The zero-order valence-corrected chi connectivity index (χ0v) is 10.6. The zero-order chi connectivity index (χ0) is 13.1. The van der Waals surface area contributed by atoms with Gasteiger partial charge in [0.1, 0.15) is 16.7 Å². The van der Waals surface area contributed by atoms with Crippen molar-refractivity contribution in [3.8, 4) is 0 Å². The molecular weight excluding hydrogens is 254 g/mol. The lowest BCUT2D eigenvalue weighted by Crippen LogP contribution is -2.02. The molecule has 1 heterocycles. The normalized spacial score (nSPS) is 10.7. The Morgan fingerprint density at radius 2 is 2.06 bits per heavy atom. The molecule has 0 bridgehead atoms. The molecule has 2 nitrogen and oxygen atoms in total. The van der Waals surface area contributed by atoms with E-state index < -0.39 is 11.6 Å². The fraction of sp³-hybridized carbons (Fsp3) is 0.154. The van der Waals surface area contributed by atoms with Crippen LogP contribution >= 0.6 is 11.8 Å². The summed E-state index contributed by atoms with van der Waals surface area (Å²) in [5, 5.41) is 0.613. The SMILES string of the molecule is Cc1ccnc(Sc2cc(F)ccc2F)c1CN. The molecule has 0 fully saturated rings. The van der Waals surface area contributed by atoms with E-state index in [2.05, 4.69) is 4.98 Å². The van der Waals surface area contributed by atoms with Crippen LogP contribution in [0, 0.1) is 18.6 Å². The molecule has 18 heavy (non-hydrogen) atoms. The molecule has 94 valence electrons. The lowest BCUT2D eigenvalue weighted by molar-refractivity contribution is 0.577. The number of aryl methyl sites for hydroxylation is 1. The van der Waals surface area contributed by atoms with E-state index in [1.165, 1.54) is 0 Å². The summed E-state index contributed by atoms with van der Waals surface area (Å²) >= 11 is 1.09. The van der Waals surface area contributed by atoms with E-state index in [1.54, 1.807) is 6.20 Å². The fourth-order valence-corrected chi connectivity index (χ4v) is 2.59. The highest BCUT2D eigenvalue weighted by Crippen LogP contribution is 2.32. The summed E-state index contributed by atoms with van der Waals surface area (Å²) in [4.78, 5) is 4.38. The van der Waals surface area contributed by atoms with Gasteiger partial charge in [0.05, 0.1) is 4.90 Å². The van der Waals surface area contributed by atoms with E-state index in [0.29, 0.717) is 11.6 Å². The number of hydrogen-bond acceptors (Lipinski definition) is 3. The summed E-state index contributed by atoms with van der Waals surface area (Å²) < 4.78 is 26.6. The van der Waals surface area contributed by atoms with Crippen molar-refractivity contribution in [2.24, 2.45) is 5.73 Å². The average Bonchev–Trinajstić information content (AvgIpc) is 2.34. The highest BCUT2D eigenvalue weighted by molar-refractivity contribution is 7.99. The quantitative estimate of drug-likeness (QED) is 0.926. The van der Waals surface area contributed by atoms with Gasteiger partial charge < -0.3 is 5.73 Å². The molecule has 5 heteroatoms. The smallest absolute Gasteiger partial charge is 0.137 e. The van der Waals surface area contributed by atoms with Gasteiger partial charge in [0.15, 0.2) is 0 Å². The third kappa shape index (κ3) is 2.68. The first kappa shape index (κ1) is 13.0. The average molecular weight is 266 g/mol. The van der Waals surface area contributed by atoms with Crippen molar-refractivity contribution in [3.63, 3.8) is 0 Å². The second-order valence-corrected chi connectivity index (χ2v) is 4.82. The number of rotatable bonds is 3. The van der Waals surface area contributed by atoms with Crippen LogP contribution in [-0.4, -0.2) is 4.98 Å². The minimum Gasteiger partial charge on any atom is -0.326 e. The van der Waals surface area contributed by atoms with Gasteiger partial charge in [0, 0.05) is 18.3 Å². The Kier molecular flexibility index (Phi) is 3.93. The van der Waals surface area contributed by atoms with Crippen LogP contribution in [0.1, 0.15) is 11.1 Å². The van der Waals surface area contributed by atoms with E-state index >= 15 is 0 Å². The van der Waals surface area contributed by atoms with Gasteiger partial charge in [-0.1, -0.05) is 11.8 Å². The molecule has 0 aliphatic rings. The number of nitrogens with zero attached hydrogens (tertiary/aromatic N) is 1. The molecule has 1 aromatic carbocycles. The van der Waals surface area contributed by atoms with E-state index in [1.807, 2.05) is 13.0 Å². The monoisotopic (exact) mass is 266 g/mol. The van der Waals surface area contributed by atoms with Crippen molar-refractivity contribution >= 4 is 11.8 Å². The largest absolute Gasteiger partial charge is 0.326 e. The maximum atomic E-state index is 13.5. The van der Waals surface area contributed by atoms with Crippen LogP contribution in [0.25, 0.3) is 0 Å². The number of pyridine rings is 1. The summed E-state index contributed by atoms with van der Waals surface area (Å²) in [5.41, 5.74) is 7.50. The van der Waals surface area contributed by atoms with Crippen LogP contribution in [0.4, 0.5) is 8.78 Å². The first-order valence-electron chi connectivity index (χ1n) is 5.39. The van der Waals surface area contributed by atoms with Crippen LogP contribution in [0.3, 0.4) is 0 Å². The Bertz CT molecular complexity index is 573. The third-order valence-corrected chi connectivity index (χ3v) is 3.63. The van der Waals surface area contributed by atoms with Crippen molar-refractivity contribution in [1.29, 1.82) is 0 Å². The van der Waals surface area contributed by atoms with E-state index in [4.69, 9.17) is 5.73 Å². The Morgan fingerprint density at radius 1 is 1.28 bits per heavy atom. The molecule has 0 radical (unpaired) electrons. The maximum absolute atomic E-state index is 13.5. The molecule has 0 spiro atoms. The fourth-order valence-electron chi connectivity index (χ4n) is 1.56. The summed E-state index contributed by atoms with van der Waals surface area (Å²) in [6, 6.07) is 5.20. The molecule has 0 amide bonds. The van der Waals surface area contributed by atoms with Crippen molar-refractivity contribution in [2.75, 3.05) is 0 Å². The molecule has 2 aromatic rings. The summed E-state index contributed by atoms with van der Waals surface area (Å²) in [6.45, 7) is 2.23. The van der Waals surface area contributed by atoms with Gasteiger partial charge in [0.25, 0.3) is 0 Å². The lowest BCUT2D eigenvalue weighted by Gasteiger charge is -2.09. The number of benzene rings is 1. The summed E-state index contributed by atoms with van der Waals surface area (Å²) in [5.74, 6) is -0.937. The minimum absolute atomic E-state index is 0.211. The van der Waals surface area contributed by atoms with E-state index in [0.717, 1.165) is 41.1 Å². The predicted molar refractivity (Wildman–Crippen MR) is 67.3 cm³/mol. The van der Waals surface area contributed by atoms with Gasteiger partial charge in [-0.15, -0.1) is 0 Å². The summed E-state index contributed by atoms with van der Waals surface area (Å²) in [7, 11) is 0. The van der Waals surface area contributed by atoms with Gasteiger partial charge >= 0.3 is 0 Å². The lowest BCUT2D eigenvalue weighted by atomic mass is 10.2. The Labute approximate surface area is 108 Å². The molecule has 2 N–H and O–H groups in total. The molecule has 2 rings (SSSR count). The minimum atomic E-state index is -0.471. The molecule has 0 aliphatic heterocycles. The molecule has 0 saturated carbocycles. The van der Waals surface area contributed by atoms with Gasteiger partial charge in [-0.2, -0.15) is 0 Å². The Morgan fingerprint density at radius 3 is 2.78 bits per heavy atom. The third-order valence-electron chi connectivity index (χ3n) is 2.55. The topological polar surface area (TPSA) is 38.9 Å². The first-order chi connectivity index (χ1) is 8.61. The number of halogens is 2. The number of nitrogens with two attached hydrogens (primary N) is 1. The Balaban J connectivity index is 2.40. The maximum Gasteiger partial charge on any atom is 0.137 e. The summed E-state index contributed by atoms with van der Waals surface area (Å²) in [6.07, 6.45) is 1.63. The molecule has 0 unspecified atom stereocenters. The zero-order valence-electron chi connectivity index (χ0n) is 9.78. The van der Waals surface area contributed by atoms with Crippen molar-refractivity contribution in [1.82, 2.24) is 4.98 Å². The first-order valence-corrected chi connectivity index (χ1v) is 6.21. The van der Waals surface area contributed by atoms with E-state index in [9.17, 15) is 8.78 Å². The van der Waals surface area contributed by atoms with Crippen LogP contribution < -0.4 is 5.73 Å². The number of aromatic nitrogens is 1. The van der Waals surface area contributed by atoms with E-state index in [-0.39, 0.29) is 4.90 Å². The Hall–Kier alpha value is -1.46. The van der Waals surface area contributed by atoms with Crippen molar-refractivity contribution in [3.05, 3.63) is 53.2 Å². The number of hydrogen-bond donors (Lipinski definition) is 1. The second-order valence-electron chi connectivity index (χ2n) is 3.79. The molecular formula is C13H12F2N2S. The molecule has 0 atom stereocenters. The molecule has 0 saturated heterocycles. The van der Waals surface area contributed by atoms with Crippen LogP contribution in [0.5, 0.6) is 0 Å².